The molecule has 0 fully saturated rings. The van der Waals surface area contributed by atoms with E-state index in [-0.39, 0.29) is 17.4 Å². The Labute approximate surface area is 146 Å². The maximum Gasteiger partial charge on any atom is 0.342 e. The first-order valence-corrected chi connectivity index (χ1v) is 8.04. The van der Waals surface area contributed by atoms with Gasteiger partial charge in [0.25, 0.3) is 5.91 Å². The van der Waals surface area contributed by atoms with E-state index in [0.29, 0.717) is 0 Å². The Hall–Kier alpha value is -3.02. The third-order valence-electron chi connectivity index (χ3n) is 3.65. The van der Waals surface area contributed by atoms with Crippen LogP contribution in [-0.4, -0.2) is 28.7 Å². The van der Waals surface area contributed by atoms with Gasteiger partial charge in [-0.15, -0.1) is 0 Å². The molecule has 0 saturated carbocycles. The van der Waals surface area contributed by atoms with E-state index in [0.717, 1.165) is 24.5 Å². The van der Waals surface area contributed by atoms with E-state index in [4.69, 9.17) is 4.74 Å². The topological polar surface area (TPSA) is 95.9 Å². The molecule has 25 heavy (non-hydrogen) atoms. The highest BCUT2D eigenvalue weighted by Gasteiger charge is 2.17. The number of hydrogen-bond acceptors (Lipinski definition) is 5. The predicted molar refractivity (Wildman–Crippen MR) is 92.3 cm³/mol. The van der Waals surface area contributed by atoms with Gasteiger partial charge in [-0.1, -0.05) is 43.7 Å². The lowest BCUT2D eigenvalue weighted by Crippen LogP contribution is -2.32. The Morgan fingerprint density at radius 3 is 2.48 bits per heavy atom. The average Bonchev–Trinajstić information content (AvgIpc) is 2.60. The molecule has 0 saturated heterocycles. The van der Waals surface area contributed by atoms with Crippen molar-refractivity contribution in [1.82, 2.24) is 5.32 Å². The van der Waals surface area contributed by atoms with Crippen molar-refractivity contribution in [2.24, 2.45) is 0 Å². The summed E-state index contributed by atoms with van der Waals surface area (Å²) in [5.41, 5.74) is 0.874. The molecule has 3 N–H and O–H groups in total. The monoisotopic (exact) mass is 343 g/mol. The maximum absolute atomic E-state index is 12.1. The van der Waals surface area contributed by atoms with Gasteiger partial charge in [0, 0.05) is 6.07 Å². The molecule has 0 spiro atoms. The van der Waals surface area contributed by atoms with Gasteiger partial charge in [-0.2, -0.15) is 0 Å². The van der Waals surface area contributed by atoms with Crippen molar-refractivity contribution in [1.29, 1.82) is 0 Å². The summed E-state index contributed by atoms with van der Waals surface area (Å²) in [5, 5.41) is 21.7. The van der Waals surface area contributed by atoms with Crippen molar-refractivity contribution in [3.63, 3.8) is 0 Å². The van der Waals surface area contributed by atoms with Crippen LogP contribution in [0.5, 0.6) is 11.5 Å². The summed E-state index contributed by atoms with van der Waals surface area (Å²) in [7, 11) is 0. The molecule has 0 unspecified atom stereocenters. The Morgan fingerprint density at radius 2 is 1.84 bits per heavy atom. The van der Waals surface area contributed by atoms with Gasteiger partial charge in [0.15, 0.2) is 6.61 Å². The average molecular weight is 343 g/mol. The van der Waals surface area contributed by atoms with Crippen molar-refractivity contribution >= 4 is 11.9 Å². The minimum Gasteiger partial charge on any atom is -0.508 e. The molecule has 1 atom stereocenters. The number of ether oxygens (including phenoxy) is 1. The molecular formula is C19H21NO5. The van der Waals surface area contributed by atoms with Gasteiger partial charge in [-0.25, -0.2) is 4.79 Å². The quantitative estimate of drug-likeness (QED) is 0.672. The molecule has 0 aliphatic carbocycles. The summed E-state index contributed by atoms with van der Waals surface area (Å²) < 4.78 is 4.93. The Balaban J connectivity index is 1.93. The number of aromatic hydroxyl groups is 2. The van der Waals surface area contributed by atoms with E-state index >= 15 is 0 Å². The second-order valence-electron chi connectivity index (χ2n) is 5.60. The Bertz CT molecular complexity index is 730. The number of nitrogens with one attached hydrogen (secondary N) is 1. The summed E-state index contributed by atoms with van der Waals surface area (Å²) in [4.78, 5) is 24.0. The van der Waals surface area contributed by atoms with Gasteiger partial charge < -0.3 is 20.3 Å². The first-order valence-electron chi connectivity index (χ1n) is 8.04. The summed E-state index contributed by atoms with van der Waals surface area (Å²) in [6, 6.07) is 12.9. The number of hydrogen-bond donors (Lipinski definition) is 3. The SMILES string of the molecule is CCC[C@@H](NC(=O)COC(=O)c1ccc(O)cc1O)c1ccccc1. The Morgan fingerprint density at radius 1 is 1.12 bits per heavy atom. The van der Waals surface area contributed by atoms with Crippen LogP contribution in [-0.2, 0) is 9.53 Å². The van der Waals surface area contributed by atoms with E-state index in [1.54, 1.807) is 0 Å². The minimum absolute atomic E-state index is 0.112. The molecule has 0 bridgehead atoms. The van der Waals surface area contributed by atoms with Crippen LogP contribution in [0.2, 0.25) is 0 Å². The van der Waals surface area contributed by atoms with Gasteiger partial charge in [0.05, 0.1) is 6.04 Å². The van der Waals surface area contributed by atoms with E-state index in [1.165, 1.54) is 12.1 Å². The van der Waals surface area contributed by atoms with Crippen molar-refractivity contribution in [3.8, 4) is 11.5 Å². The third kappa shape index (κ3) is 5.24. The summed E-state index contributed by atoms with van der Waals surface area (Å²) in [6.07, 6.45) is 1.66. The smallest absolute Gasteiger partial charge is 0.342 e. The van der Waals surface area contributed by atoms with Crippen LogP contribution in [0.15, 0.2) is 48.5 Å². The molecule has 0 aromatic heterocycles. The number of amides is 1. The fourth-order valence-electron chi connectivity index (χ4n) is 2.43. The number of esters is 1. The lowest BCUT2D eigenvalue weighted by molar-refractivity contribution is -0.125. The number of benzene rings is 2. The standard InChI is InChI=1S/C19H21NO5/c1-2-6-16(13-7-4-3-5-8-13)20-18(23)12-25-19(24)15-10-9-14(21)11-17(15)22/h3-5,7-11,16,21-22H,2,6,12H2,1H3,(H,20,23)/t16-/m1/s1. The van der Waals surface area contributed by atoms with Crippen molar-refractivity contribution in [3.05, 3.63) is 59.7 Å². The van der Waals surface area contributed by atoms with Crippen LogP contribution in [0.3, 0.4) is 0 Å². The van der Waals surface area contributed by atoms with Gasteiger partial charge >= 0.3 is 5.97 Å². The summed E-state index contributed by atoms with van der Waals surface area (Å²) >= 11 is 0. The molecule has 0 heterocycles. The van der Waals surface area contributed by atoms with Crippen molar-refractivity contribution in [2.75, 3.05) is 6.61 Å². The Kier molecular flexibility index (Phi) is 6.39. The molecule has 2 aromatic rings. The van der Waals surface area contributed by atoms with E-state index in [1.807, 2.05) is 37.3 Å². The van der Waals surface area contributed by atoms with Crippen molar-refractivity contribution in [2.45, 2.75) is 25.8 Å². The lowest BCUT2D eigenvalue weighted by atomic mass is 10.0. The zero-order valence-electron chi connectivity index (χ0n) is 13.9. The number of rotatable bonds is 7. The number of carbonyl (C=O) groups excluding carboxylic acids is 2. The lowest BCUT2D eigenvalue weighted by Gasteiger charge is -2.18. The van der Waals surface area contributed by atoms with Crippen LogP contribution >= 0.6 is 0 Å². The summed E-state index contributed by atoms with van der Waals surface area (Å²) in [5.74, 6) is -1.83. The van der Waals surface area contributed by atoms with Crippen LogP contribution in [0.1, 0.15) is 41.7 Å². The third-order valence-corrected chi connectivity index (χ3v) is 3.65. The molecule has 2 rings (SSSR count). The van der Waals surface area contributed by atoms with Crippen LogP contribution in [0.25, 0.3) is 0 Å². The highest BCUT2D eigenvalue weighted by molar-refractivity contribution is 5.94. The second kappa shape index (κ2) is 8.73. The largest absolute Gasteiger partial charge is 0.508 e. The highest BCUT2D eigenvalue weighted by atomic mass is 16.5. The zero-order valence-corrected chi connectivity index (χ0v) is 13.9. The first kappa shape index (κ1) is 18.3. The molecule has 0 radical (unpaired) electrons. The molecule has 132 valence electrons. The summed E-state index contributed by atoms with van der Waals surface area (Å²) in [6.45, 7) is 1.57. The fourth-order valence-corrected chi connectivity index (χ4v) is 2.43. The molecule has 1 amide bonds. The first-order chi connectivity index (χ1) is 12.0. The minimum atomic E-state index is -0.834. The van der Waals surface area contributed by atoms with Crippen molar-refractivity contribution < 1.29 is 24.5 Å². The molecule has 0 aliphatic heterocycles. The zero-order chi connectivity index (χ0) is 18.2. The number of phenolic OH excluding ortho intramolecular Hbond substituents is 2. The van der Waals surface area contributed by atoms with Gasteiger partial charge in [0.2, 0.25) is 0 Å². The van der Waals surface area contributed by atoms with Gasteiger partial charge in [0.1, 0.15) is 17.1 Å². The number of phenols is 2. The van der Waals surface area contributed by atoms with Crippen LogP contribution in [0.4, 0.5) is 0 Å². The maximum atomic E-state index is 12.1. The highest BCUT2D eigenvalue weighted by Crippen LogP contribution is 2.23. The molecule has 2 aromatic carbocycles. The van der Waals surface area contributed by atoms with Gasteiger partial charge in [-0.3, -0.25) is 4.79 Å². The molecular weight excluding hydrogens is 322 g/mol. The van der Waals surface area contributed by atoms with Crippen LogP contribution < -0.4 is 5.32 Å². The fraction of sp³-hybridized carbons (Fsp3) is 0.263. The van der Waals surface area contributed by atoms with E-state index in [9.17, 15) is 19.8 Å². The normalized spacial score (nSPS) is 11.6. The van der Waals surface area contributed by atoms with E-state index < -0.39 is 24.2 Å². The number of carbonyl (C=O) groups is 2. The van der Waals surface area contributed by atoms with Gasteiger partial charge in [-0.05, 0) is 24.1 Å². The van der Waals surface area contributed by atoms with E-state index in [2.05, 4.69) is 5.32 Å². The molecule has 0 aliphatic rings. The predicted octanol–water partition coefficient (Wildman–Crippen LogP) is 2.91. The second-order valence-corrected chi connectivity index (χ2v) is 5.60. The van der Waals surface area contributed by atoms with Crippen LogP contribution in [0, 0.1) is 0 Å². The molecule has 6 heteroatoms. The molecule has 6 nitrogen and oxygen atoms in total.